The number of methoxy groups -OCH3 is 1. The third-order valence-corrected chi connectivity index (χ3v) is 2.33. The summed E-state index contributed by atoms with van der Waals surface area (Å²) in [5.74, 6) is -0.892. The molecule has 92 valence electrons. The van der Waals surface area contributed by atoms with Gasteiger partial charge >= 0.3 is 5.97 Å². The monoisotopic (exact) mass is 237 g/mol. The second-order valence-electron chi connectivity index (χ2n) is 3.74. The van der Waals surface area contributed by atoms with E-state index in [1.54, 1.807) is 20.0 Å². The van der Waals surface area contributed by atoms with Gasteiger partial charge in [-0.2, -0.15) is 10.2 Å². The molecule has 1 aromatic heterocycles. The van der Waals surface area contributed by atoms with E-state index in [-0.39, 0.29) is 17.8 Å². The van der Waals surface area contributed by atoms with Crippen molar-refractivity contribution in [1.82, 2.24) is 15.1 Å². The van der Waals surface area contributed by atoms with Crippen LogP contribution in [0.3, 0.4) is 0 Å². The number of esters is 1. The molecule has 0 aliphatic heterocycles. The van der Waals surface area contributed by atoms with Crippen molar-refractivity contribution < 1.29 is 14.3 Å². The maximum atomic E-state index is 11.9. The second-order valence-corrected chi connectivity index (χ2v) is 3.74. The third kappa shape index (κ3) is 3.51. The molecular formula is C11H15N3O3. The van der Waals surface area contributed by atoms with E-state index in [4.69, 9.17) is 0 Å². The van der Waals surface area contributed by atoms with Gasteiger partial charge in [-0.25, -0.2) is 0 Å². The molecule has 0 saturated heterocycles. The fraction of sp³-hybridized carbons (Fsp3) is 0.455. The molecule has 0 radical (unpaired) electrons. The standard InChI is InChI=1S/C11H15N3O3/c1-8(11(16)17-3)7-14(2)10(15)9-4-5-12-13-6-9/h4-6,8H,7H2,1-3H3. The third-order valence-electron chi connectivity index (χ3n) is 2.33. The number of carbonyl (C=O) groups is 2. The average molecular weight is 237 g/mol. The van der Waals surface area contributed by atoms with E-state index in [1.807, 2.05) is 0 Å². The van der Waals surface area contributed by atoms with Gasteiger partial charge in [0.05, 0.1) is 31.0 Å². The number of rotatable bonds is 4. The number of aromatic nitrogens is 2. The van der Waals surface area contributed by atoms with E-state index in [2.05, 4.69) is 14.9 Å². The Labute approximate surface area is 99.6 Å². The minimum absolute atomic E-state index is 0.198. The summed E-state index contributed by atoms with van der Waals surface area (Å²) in [6.07, 6.45) is 2.84. The summed E-state index contributed by atoms with van der Waals surface area (Å²) in [6.45, 7) is 2.01. The highest BCUT2D eigenvalue weighted by molar-refractivity contribution is 5.93. The number of nitrogens with zero attached hydrogens (tertiary/aromatic N) is 3. The van der Waals surface area contributed by atoms with Gasteiger partial charge in [0.2, 0.25) is 0 Å². The zero-order chi connectivity index (χ0) is 12.8. The Kier molecular flexibility index (Phi) is 4.56. The SMILES string of the molecule is COC(=O)C(C)CN(C)C(=O)c1ccnnc1. The molecular weight excluding hydrogens is 222 g/mol. The van der Waals surface area contributed by atoms with E-state index in [9.17, 15) is 9.59 Å². The highest BCUT2D eigenvalue weighted by Crippen LogP contribution is 2.05. The lowest BCUT2D eigenvalue weighted by atomic mass is 10.1. The Balaban J connectivity index is 2.62. The van der Waals surface area contributed by atoms with Crippen molar-refractivity contribution in [3.05, 3.63) is 24.0 Å². The molecule has 0 bridgehead atoms. The van der Waals surface area contributed by atoms with E-state index < -0.39 is 0 Å². The van der Waals surface area contributed by atoms with Crippen molar-refractivity contribution in [3.8, 4) is 0 Å². The minimum Gasteiger partial charge on any atom is -0.469 e. The number of hydrogen-bond acceptors (Lipinski definition) is 5. The van der Waals surface area contributed by atoms with Crippen LogP contribution in [-0.2, 0) is 9.53 Å². The van der Waals surface area contributed by atoms with Crippen LogP contribution in [-0.4, -0.2) is 47.7 Å². The summed E-state index contributed by atoms with van der Waals surface area (Å²) in [6, 6.07) is 1.58. The topological polar surface area (TPSA) is 72.4 Å². The zero-order valence-electron chi connectivity index (χ0n) is 10.1. The van der Waals surface area contributed by atoms with Gasteiger partial charge in [0.25, 0.3) is 5.91 Å². The minimum atomic E-state index is -0.358. The summed E-state index contributed by atoms with van der Waals surface area (Å²) in [5.41, 5.74) is 0.444. The molecule has 0 aromatic carbocycles. The van der Waals surface area contributed by atoms with Gasteiger partial charge in [-0.3, -0.25) is 9.59 Å². The summed E-state index contributed by atoms with van der Waals surface area (Å²) in [7, 11) is 2.95. The molecule has 6 nitrogen and oxygen atoms in total. The maximum Gasteiger partial charge on any atom is 0.310 e. The highest BCUT2D eigenvalue weighted by atomic mass is 16.5. The molecule has 1 amide bonds. The summed E-state index contributed by atoms with van der Waals surface area (Å²) >= 11 is 0. The quantitative estimate of drug-likeness (QED) is 0.707. The van der Waals surface area contributed by atoms with Crippen molar-refractivity contribution in [2.24, 2.45) is 5.92 Å². The molecule has 0 aliphatic carbocycles. The van der Waals surface area contributed by atoms with E-state index in [0.717, 1.165) is 0 Å². The van der Waals surface area contributed by atoms with Crippen LogP contribution in [0.15, 0.2) is 18.5 Å². The molecule has 0 fully saturated rings. The largest absolute Gasteiger partial charge is 0.469 e. The normalized spacial score (nSPS) is 11.7. The molecule has 1 heterocycles. The van der Waals surface area contributed by atoms with Crippen LogP contribution >= 0.6 is 0 Å². The lowest BCUT2D eigenvalue weighted by Gasteiger charge is -2.20. The maximum absolute atomic E-state index is 11.9. The molecule has 0 spiro atoms. The van der Waals surface area contributed by atoms with Crippen molar-refractivity contribution in [2.45, 2.75) is 6.92 Å². The van der Waals surface area contributed by atoms with Gasteiger partial charge in [-0.1, -0.05) is 6.92 Å². The first kappa shape index (κ1) is 13.1. The van der Waals surface area contributed by atoms with E-state index in [1.165, 1.54) is 24.4 Å². The Morgan fingerprint density at radius 3 is 2.71 bits per heavy atom. The summed E-state index contributed by atoms with van der Waals surface area (Å²) in [5, 5.41) is 7.22. The van der Waals surface area contributed by atoms with Gasteiger partial charge in [0, 0.05) is 13.6 Å². The van der Waals surface area contributed by atoms with E-state index >= 15 is 0 Å². The van der Waals surface area contributed by atoms with Crippen LogP contribution in [0.2, 0.25) is 0 Å². The zero-order valence-corrected chi connectivity index (χ0v) is 10.1. The average Bonchev–Trinajstić information content (AvgIpc) is 2.37. The Bertz CT molecular complexity index is 394. The molecule has 1 unspecified atom stereocenters. The Hall–Kier alpha value is -1.98. The number of ether oxygens (including phenoxy) is 1. The molecule has 17 heavy (non-hydrogen) atoms. The van der Waals surface area contributed by atoms with Crippen molar-refractivity contribution in [2.75, 3.05) is 20.7 Å². The highest BCUT2D eigenvalue weighted by Gasteiger charge is 2.19. The summed E-state index contributed by atoms with van der Waals surface area (Å²) < 4.78 is 4.60. The lowest BCUT2D eigenvalue weighted by Crippen LogP contribution is -2.34. The van der Waals surface area contributed by atoms with Gasteiger partial charge in [-0.15, -0.1) is 0 Å². The van der Waals surface area contributed by atoms with Crippen LogP contribution in [0.5, 0.6) is 0 Å². The molecule has 0 aliphatic rings. The van der Waals surface area contributed by atoms with Crippen LogP contribution < -0.4 is 0 Å². The van der Waals surface area contributed by atoms with Crippen molar-refractivity contribution in [1.29, 1.82) is 0 Å². The predicted octanol–water partition coefficient (Wildman–Crippen LogP) is 0.358. The predicted molar refractivity (Wildman–Crippen MR) is 60.2 cm³/mol. The fourth-order valence-electron chi connectivity index (χ4n) is 1.41. The van der Waals surface area contributed by atoms with Gasteiger partial charge in [-0.05, 0) is 6.07 Å². The number of carbonyl (C=O) groups excluding carboxylic acids is 2. The molecule has 1 atom stereocenters. The van der Waals surface area contributed by atoms with Crippen LogP contribution in [0.4, 0.5) is 0 Å². The van der Waals surface area contributed by atoms with E-state index in [0.29, 0.717) is 12.1 Å². The van der Waals surface area contributed by atoms with Crippen molar-refractivity contribution in [3.63, 3.8) is 0 Å². The number of hydrogen-bond donors (Lipinski definition) is 0. The van der Waals surface area contributed by atoms with Crippen LogP contribution in [0.25, 0.3) is 0 Å². The second kappa shape index (κ2) is 5.93. The lowest BCUT2D eigenvalue weighted by molar-refractivity contribution is -0.145. The molecule has 1 aromatic rings. The first-order valence-electron chi connectivity index (χ1n) is 5.16. The molecule has 6 heteroatoms. The van der Waals surface area contributed by atoms with Gasteiger partial charge < -0.3 is 9.64 Å². The first-order chi connectivity index (χ1) is 8.06. The van der Waals surface area contributed by atoms with Gasteiger partial charge in [0.15, 0.2) is 0 Å². The number of amides is 1. The first-order valence-corrected chi connectivity index (χ1v) is 5.16. The fourth-order valence-corrected chi connectivity index (χ4v) is 1.41. The molecule has 0 saturated carbocycles. The van der Waals surface area contributed by atoms with Crippen molar-refractivity contribution >= 4 is 11.9 Å². The van der Waals surface area contributed by atoms with Crippen LogP contribution in [0.1, 0.15) is 17.3 Å². The molecule has 1 rings (SSSR count). The Morgan fingerprint density at radius 2 is 2.18 bits per heavy atom. The summed E-state index contributed by atoms with van der Waals surface area (Å²) in [4.78, 5) is 24.6. The van der Waals surface area contributed by atoms with Gasteiger partial charge in [0.1, 0.15) is 0 Å². The Morgan fingerprint density at radius 1 is 1.47 bits per heavy atom. The smallest absolute Gasteiger partial charge is 0.310 e. The van der Waals surface area contributed by atoms with Crippen LogP contribution in [0, 0.1) is 5.92 Å². The molecule has 0 N–H and O–H groups in total.